The lowest BCUT2D eigenvalue weighted by atomic mass is 10.1. The molecule has 1 N–H and O–H groups in total. The largest absolute Gasteiger partial charge is 0.385 e. The second kappa shape index (κ2) is 13.5. The zero-order valence-electron chi connectivity index (χ0n) is 19.2. The van der Waals surface area contributed by atoms with Gasteiger partial charge in [0.15, 0.2) is 4.96 Å². The van der Waals surface area contributed by atoms with Gasteiger partial charge in [-0.15, -0.1) is 24.8 Å². The van der Waals surface area contributed by atoms with Gasteiger partial charge in [-0.25, -0.2) is 4.98 Å². The van der Waals surface area contributed by atoms with Crippen LogP contribution in [0.15, 0.2) is 24.4 Å². The number of carbonyl (C=O) groups excluding carboxylic acids is 1. The molecule has 1 fully saturated rings. The van der Waals surface area contributed by atoms with Gasteiger partial charge < -0.3 is 19.7 Å². The maximum atomic E-state index is 12.5. The molecule has 184 valence electrons. The van der Waals surface area contributed by atoms with Crippen LogP contribution in [0.2, 0.25) is 0 Å². The highest BCUT2D eigenvalue weighted by Gasteiger charge is 2.17. The standard InChI is InChI=1S/C23H32N4O3S.2ClH/c1-26(11-9-18-6-5-13-30-18)15-17-7-8-19-20(14-17)27-16-21(31-23(27)25-19)22(28)24-10-3-4-12-29-2;;/h7-8,14,16,18H,3-6,9-13,15H2,1-2H3,(H,24,28);2*1H. The van der Waals surface area contributed by atoms with Crippen LogP contribution < -0.4 is 5.32 Å². The number of methoxy groups -OCH3 is 1. The van der Waals surface area contributed by atoms with Crippen LogP contribution in [0.4, 0.5) is 0 Å². The molecule has 1 saturated heterocycles. The fraction of sp³-hybridized carbons (Fsp3) is 0.565. The molecule has 33 heavy (non-hydrogen) atoms. The number of thiazole rings is 1. The van der Waals surface area contributed by atoms with E-state index in [0.717, 1.165) is 61.6 Å². The highest BCUT2D eigenvalue weighted by atomic mass is 35.5. The van der Waals surface area contributed by atoms with Crippen molar-refractivity contribution in [2.75, 3.05) is 40.5 Å². The average Bonchev–Trinajstić information content (AvgIpc) is 3.48. The van der Waals surface area contributed by atoms with E-state index in [9.17, 15) is 4.79 Å². The number of hydrogen-bond donors (Lipinski definition) is 1. The number of aromatic nitrogens is 2. The van der Waals surface area contributed by atoms with Gasteiger partial charge in [-0.1, -0.05) is 17.4 Å². The summed E-state index contributed by atoms with van der Waals surface area (Å²) in [5.41, 5.74) is 3.26. The average molecular weight is 518 g/mol. The van der Waals surface area contributed by atoms with Crippen molar-refractivity contribution in [2.45, 2.75) is 44.8 Å². The van der Waals surface area contributed by atoms with E-state index in [1.165, 1.54) is 29.7 Å². The van der Waals surface area contributed by atoms with Crippen LogP contribution in [0.1, 0.15) is 47.3 Å². The minimum atomic E-state index is -0.0360. The van der Waals surface area contributed by atoms with Crippen LogP contribution in [-0.2, 0) is 16.0 Å². The number of nitrogens with one attached hydrogen (secondary N) is 1. The van der Waals surface area contributed by atoms with Gasteiger partial charge in [0.25, 0.3) is 5.91 Å². The third kappa shape index (κ3) is 7.28. The molecular weight excluding hydrogens is 483 g/mol. The number of ether oxygens (including phenoxy) is 2. The summed E-state index contributed by atoms with van der Waals surface area (Å²) in [5.74, 6) is -0.0360. The van der Waals surface area contributed by atoms with Gasteiger partial charge in [0.1, 0.15) is 4.88 Å². The number of unbranched alkanes of at least 4 members (excludes halogenated alkanes) is 1. The number of fused-ring (bicyclic) bond motifs is 3. The van der Waals surface area contributed by atoms with Gasteiger partial charge in [-0.3, -0.25) is 9.20 Å². The van der Waals surface area contributed by atoms with E-state index < -0.39 is 0 Å². The van der Waals surface area contributed by atoms with E-state index in [1.54, 1.807) is 7.11 Å². The van der Waals surface area contributed by atoms with E-state index in [4.69, 9.17) is 14.5 Å². The lowest BCUT2D eigenvalue weighted by Crippen LogP contribution is -2.23. The Balaban J connectivity index is 0.00000193. The van der Waals surface area contributed by atoms with Crippen molar-refractivity contribution in [3.8, 4) is 0 Å². The smallest absolute Gasteiger partial charge is 0.263 e. The van der Waals surface area contributed by atoms with E-state index in [1.807, 2.05) is 10.6 Å². The van der Waals surface area contributed by atoms with Crippen LogP contribution >= 0.6 is 36.2 Å². The summed E-state index contributed by atoms with van der Waals surface area (Å²) >= 11 is 1.43. The summed E-state index contributed by atoms with van der Waals surface area (Å²) < 4.78 is 12.8. The van der Waals surface area contributed by atoms with Crippen molar-refractivity contribution in [1.29, 1.82) is 0 Å². The van der Waals surface area contributed by atoms with Gasteiger partial charge >= 0.3 is 0 Å². The van der Waals surface area contributed by atoms with E-state index in [0.29, 0.717) is 17.5 Å². The quantitative estimate of drug-likeness (QED) is 0.378. The van der Waals surface area contributed by atoms with Crippen molar-refractivity contribution >= 4 is 58.1 Å². The molecule has 0 spiro atoms. The molecule has 4 rings (SSSR count). The van der Waals surface area contributed by atoms with Crippen molar-refractivity contribution in [3.05, 3.63) is 34.8 Å². The molecule has 0 radical (unpaired) electrons. The van der Waals surface area contributed by atoms with E-state index in [2.05, 4.69) is 35.5 Å². The zero-order chi connectivity index (χ0) is 21.6. The monoisotopic (exact) mass is 516 g/mol. The number of nitrogens with zero attached hydrogens (tertiary/aromatic N) is 3. The number of amides is 1. The predicted molar refractivity (Wildman–Crippen MR) is 138 cm³/mol. The number of benzene rings is 1. The van der Waals surface area contributed by atoms with Gasteiger partial charge in [0.2, 0.25) is 0 Å². The van der Waals surface area contributed by atoms with Crippen molar-refractivity contribution in [2.24, 2.45) is 0 Å². The molecular formula is C23H34Cl2N4O3S. The fourth-order valence-corrected chi connectivity index (χ4v) is 4.96. The Bertz CT molecular complexity index is 1020. The van der Waals surface area contributed by atoms with E-state index >= 15 is 0 Å². The van der Waals surface area contributed by atoms with Gasteiger partial charge in [-0.05, 0) is 56.8 Å². The number of imidazole rings is 1. The fourth-order valence-electron chi connectivity index (χ4n) is 4.05. The SMILES string of the molecule is COCCCCNC(=O)c1cn2c(nc3ccc(CN(C)CCC4CCCO4)cc32)s1.Cl.Cl. The zero-order valence-corrected chi connectivity index (χ0v) is 21.7. The molecule has 7 nitrogen and oxygen atoms in total. The minimum absolute atomic E-state index is 0. The van der Waals surface area contributed by atoms with Crippen molar-refractivity contribution < 1.29 is 14.3 Å². The van der Waals surface area contributed by atoms with Gasteiger partial charge in [-0.2, -0.15) is 0 Å². The second-order valence-corrected chi connectivity index (χ2v) is 9.31. The molecule has 10 heteroatoms. The van der Waals surface area contributed by atoms with Crippen LogP contribution in [0.5, 0.6) is 0 Å². The Labute approximate surface area is 211 Å². The number of carbonyl (C=O) groups is 1. The summed E-state index contributed by atoms with van der Waals surface area (Å²) in [6, 6.07) is 6.42. The second-order valence-electron chi connectivity index (χ2n) is 8.30. The lowest BCUT2D eigenvalue weighted by molar-refractivity contribution is 0.0943. The predicted octanol–water partition coefficient (Wildman–Crippen LogP) is 4.55. The molecule has 0 saturated carbocycles. The molecule has 1 aliphatic heterocycles. The third-order valence-electron chi connectivity index (χ3n) is 5.76. The third-order valence-corrected chi connectivity index (χ3v) is 6.74. The Hall–Kier alpha value is -1.42. The summed E-state index contributed by atoms with van der Waals surface area (Å²) in [6.45, 7) is 4.20. The van der Waals surface area contributed by atoms with Crippen LogP contribution in [-0.4, -0.2) is 66.8 Å². The Morgan fingerprint density at radius 2 is 2.21 bits per heavy atom. The molecule has 1 aromatic carbocycles. The molecule has 2 aromatic heterocycles. The highest BCUT2D eigenvalue weighted by molar-refractivity contribution is 7.18. The Morgan fingerprint density at radius 1 is 1.36 bits per heavy atom. The number of hydrogen-bond acceptors (Lipinski definition) is 6. The van der Waals surface area contributed by atoms with Crippen molar-refractivity contribution in [1.82, 2.24) is 19.6 Å². The molecule has 0 bridgehead atoms. The summed E-state index contributed by atoms with van der Waals surface area (Å²) in [7, 11) is 3.85. The molecule has 1 atom stereocenters. The topological polar surface area (TPSA) is 68.1 Å². The Kier molecular flexibility index (Phi) is 11.4. The first-order chi connectivity index (χ1) is 15.1. The molecule has 1 aliphatic rings. The summed E-state index contributed by atoms with van der Waals surface area (Å²) in [5, 5.41) is 2.99. The molecule has 3 heterocycles. The molecule has 3 aromatic rings. The van der Waals surface area contributed by atoms with Crippen molar-refractivity contribution in [3.63, 3.8) is 0 Å². The van der Waals surface area contributed by atoms with Crippen LogP contribution in [0.25, 0.3) is 16.0 Å². The highest BCUT2D eigenvalue weighted by Crippen LogP contribution is 2.25. The first kappa shape index (κ1) is 27.8. The number of rotatable bonds is 11. The maximum Gasteiger partial charge on any atom is 0.263 e. The number of halogens is 2. The van der Waals surface area contributed by atoms with Gasteiger partial charge in [0, 0.05) is 46.2 Å². The summed E-state index contributed by atoms with van der Waals surface area (Å²) in [4.78, 5) is 21.1. The van der Waals surface area contributed by atoms with Crippen LogP contribution in [0, 0.1) is 0 Å². The first-order valence-corrected chi connectivity index (χ1v) is 11.9. The molecule has 1 unspecified atom stereocenters. The molecule has 0 aliphatic carbocycles. The normalized spacial score (nSPS) is 15.7. The van der Waals surface area contributed by atoms with Crippen LogP contribution in [0.3, 0.4) is 0 Å². The maximum absolute atomic E-state index is 12.5. The summed E-state index contributed by atoms with van der Waals surface area (Å²) in [6.07, 6.45) is 7.66. The Morgan fingerprint density at radius 3 is 2.97 bits per heavy atom. The van der Waals surface area contributed by atoms with E-state index in [-0.39, 0.29) is 30.7 Å². The van der Waals surface area contributed by atoms with Gasteiger partial charge in [0.05, 0.1) is 17.1 Å². The molecule has 1 amide bonds. The lowest BCUT2D eigenvalue weighted by Gasteiger charge is -2.19. The minimum Gasteiger partial charge on any atom is -0.385 e. The first-order valence-electron chi connectivity index (χ1n) is 11.1.